The van der Waals surface area contributed by atoms with Crippen LogP contribution in [0.4, 0.5) is 5.69 Å². The van der Waals surface area contributed by atoms with E-state index in [9.17, 15) is 4.79 Å². The average Bonchev–Trinajstić information content (AvgIpc) is 2.54. The molecular formula is C16H16N2O3. The number of para-hydroxylation sites is 2. The van der Waals surface area contributed by atoms with Crippen molar-refractivity contribution in [3.63, 3.8) is 0 Å². The first-order chi connectivity index (χ1) is 10.2. The quantitative estimate of drug-likeness (QED) is 0.514. The Bertz CT molecular complexity index is 681. The predicted octanol–water partition coefficient (Wildman–Crippen LogP) is 3.15. The molecule has 0 bridgehead atoms. The third-order valence-corrected chi connectivity index (χ3v) is 3.07. The van der Waals surface area contributed by atoms with Crippen LogP contribution in [-0.2, 0) is 0 Å². The van der Waals surface area contributed by atoms with E-state index in [2.05, 4.69) is 10.5 Å². The van der Waals surface area contributed by atoms with Gasteiger partial charge in [-0.2, -0.15) is 0 Å². The van der Waals surface area contributed by atoms with Crippen molar-refractivity contribution >= 4 is 17.3 Å². The van der Waals surface area contributed by atoms with Crippen molar-refractivity contribution in [2.45, 2.75) is 6.92 Å². The fourth-order valence-corrected chi connectivity index (χ4v) is 1.98. The molecule has 0 radical (unpaired) electrons. The van der Waals surface area contributed by atoms with Gasteiger partial charge in [0.25, 0.3) is 5.91 Å². The summed E-state index contributed by atoms with van der Waals surface area (Å²) >= 11 is 0. The number of carbonyl (C=O) groups is 1. The van der Waals surface area contributed by atoms with Crippen molar-refractivity contribution in [3.8, 4) is 5.75 Å². The summed E-state index contributed by atoms with van der Waals surface area (Å²) in [6.45, 7) is 1.66. The van der Waals surface area contributed by atoms with Gasteiger partial charge in [-0.25, -0.2) is 0 Å². The number of hydrogen-bond donors (Lipinski definition) is 2. The number of benzene rings is 2. The molecule has 0 heterocycles. The van der Waals surface area contributed by atoms with Gasteiger partial charge in [-0.1, -0.05) is 35.5 Å². The molecule has 2 rings (SSSR count). The first-order valence-corrected chi connectivity index (χ1v) is 6.39. The van der Waals surface area contributed by atoms with E-state index in [1.165, 1.54) is 7.11 Å². The van der Waals surface area contributed by atoms with E-state index in [0.717, 1.165) is 0 Å². The molecule has 0 atom stereocenters. The monoisotopic (exact) mass is 284 g/mol. The van der Waals surface area contributed by atoms with Crippen molar-refractivity contribution in [3.05, 3.63) is 59.7 Å². The third-order valence-electron chi connectivity index (χ3n) is 3.07. The highest BCUT2D eigenvalue weighted by atomic mass is 16.5. The molecule has 0 saturated carbocycles. The smallest absolute Gasteiger partial charge is 0.259 e. The van der Waals surface area contributed by atoms with Gasteiger partial charge >= 0.3 is 0 Å². The summed E-state index contributed by atoms with van der Waals surface area (Å²) < 4.78 is 5.18. The van der Waals surface area contributed by atoms with Crippen LogP contribution in [0, 0.1) is 0 Å². The number of nitrogens with zero attached hydrogens (tertiary/aromatic N) is 1. The second-order valence-corrected chi connectivity index (χ2v) is 4.39. The molecule has 0 aliphatic heterocycles. The van der Waals surface area contributed by atoms with E-state index in [-0.39, 0.29) is 5.91 Å². The van der Waals surface area contributed by atoms with Gasteiger partial charge in [0.2, 0.25) is 0 Å². The average molecular weight is 284 g/mol. The number of amides is 1. The lowest BCUT2D eigenvalue weighted by Crippen LogP contribution is -2.15. The number of methoxy groups -OCH3 is 1. The van der Waals surface area contributed by atoms with Crippen LogP contribution in [0.1, 0.15) is 22.8 Å². The predicted molar refractivity (Wildman–Crippen MR) is 81.4 cm³/mol. The highest BCUT2D eigenvalue weighted by Gasteiger charge is 2.14. The molecule has 21 heavy (non-hydrogen) atoms. The first-order valence-electron chi connectivity index (χ1n) is 6.39. The van der Waals surface area contributed by atoms with Crippen LogP contribution >= 0.6 is 0 Å². The number of carbonyl (C=O) groups excluding carboxylic acids is 1. The largest absolute Gasteiger partial charge is 0.496 e. The molecule has 5 nitrogen and oxygen atoms in total. The fourth-order valence-electron chi connectivity index (χ4n) is 1.98. The minimum Gasteiger partial charge on any atom is -0.496 e. The topological polar surface area (TPSA) is 70.9 Å². The highest BCUT2D eigenvalue weighted by Crippen LogP contribution is 2.21. The van der Waals surface area contributed by atoms with Gasteiger partial charge in [-0.05, 0) is 25.1 Å². The summed E-state index contributed by atoms with van der Waals surface area (Å²) in [5.41, 5.74) is 2.09. The van der Waals surface area contributed by atoms with Gasteiger partial charge in [0.05, 0.1) is 24.1 Å². The van der Waals surface area contributed by atoms with Crippen LogP contribution in [0.3, 0.4) is 0 Å². The molecule has 0 aliphatic carbocycles. The molecule has 2 aromatic rings. The summed E-state index contributed by atoms with van der Waals surface area (Å²) in [7, 11) is 1.52. The Morgan fingerprint density at radius 3 is 2.38 bits per heavy atom. The van der Waals surface area contributed by atoms with Crippen LogP contribution < -0.4 is 10.1 Å². The standard InChI is InChI=1S/C16H16N2O3/c1-11(18-20)12-7-3-5-9-14(12)17-16(19)13-8-4-6-10-15(13)21-2/h3-10,20H,1-2H3,(H,17,19)/b18-11+. The maximum absolute atomic E-state index is 12.4. The summed E-state index contributed by atoms with van der Waals surface area (Å²) in [6, 6.07) is 14.1. The fraction of sp³-hybridized carbons (Fsp3) is 0.125. The molecule has 1 amide bonds. The first kappa shape index (κ1) is 14.6. The second-order valence-electron chi connectivity index (χ2n) is 4.39. The number of ether oxygens (including phenoxy) is 1. The number of hydrogen-bond acceptors (Lipinski definition) is 4. The molecule has 5 heteroatoms. The lowest BCUT2D eigenvalue weighted by molar-refractivity contribution is 0.102. The van der Waals surface area contributed by atoms with E-state index >= 15 is 0 Å². The van der Waals surface area contributed by atoms with Gasteiger partial charge in [0, 0.05) is 5.56 Å². The maximum Gasteiger partial charge on any atom is 0.259 e. The molecule has 0 aliphatic rings. The number of nitrogens with one attached hydrogen (secondary N) is 1. The van der Waals surface area contributed by atoms with E-state index < -0.39 is 0 Å². The molecule has 2 N–H and O–H groups in total. The van der Waals surface area contributed by atoms with Gasteiger partial charge in [-0.3, -0.25) is 4.79 Å². The summed E-state index contributed by atoms with van der Waals surface area (Å²) in [4.78, 5) is 12.4. The lowest BCUT2D eigenvalue weighted by Gasteiger charge is -2.12. The van der Waals surface area contributed by atoms with E-state index in [1.807, 2.05) is 6.07 Å². The van der Waals surface area contributed by atoms with Crippen molar-refractivity contribution < 1.29 is 14.7 Å². The zero-order chi connectivity index (χ0) is 15.2. The Morgan fingerprint density at radius 1 is 1.10 bits per heavy atom. The van der Waals surface area contributed by atoms with Crippen LogP contribution in [0.25, 0.3) is 0 Å². The molecule has 108 valence electrons. The van der Waals surface area contributed by atoms with Crippen LogP contribution in [0.5, 0.6) is 5.75 Å². The molecule has 0 spiro atoms. The van der Waals surface area contributed by atoms with Crippen LogP contribution in [-0.4, -0.2) is 23.9 Å². The van der Waals surface area contributed by atoms with Crippen LogP contribution in [0.15, 0.2) is 53.7 Å². The molecule has 0 aromatic heterocycles. The summed E-state index contributed by atoms with van der Waals surface area (Å²) in [5.74, 6) is 0.214. The van der Waals surface area contributed by atoms with E-state index in [0.29, 0.717) is 28.3 Å². The second kappa shape index (κ2) is 6.56. The summed E-state index contributed by atoms with van der Waals surface area (Å²) in [5, 5.41) is 14.9. The number of anilines is 1. The van der Waals surface area contributed by atoms with Crippen molar-refractivity contribution in [1.29, 1.82) is 0 Å². The number of rotatable bonds is 4. The molecule has 2 aromatic carbocycles. The van der Waals surface area contributed by atoms with Gasteiger partial charge in [0.15, 0.2) is 0 Å². The maximum atomic E-state index is 12.4. The zero-order valence-corrected chi connectivity index (χ0v) is 11.8. The highest BCUT2D eigenvalue weighted by molar-refractivity contribution is 6.11. The van der Waals surface area contributed by atoms with Crippen molar-refractivity contribution in [2.75, 3.05) is 12.4 Å². The Balaban J connectivity index is 2.32. The normalized spacial score (nSPS) is 11.0. The Kier molecular flexibility index (Phi) is 4.56. The van der Waals surface area contributed by atoms with Crippen LogP contribution in [0.2, 0.25) is 0 Å². The van der Waals surface area contributed by atoms with Gasteiger partial charge in [0.1, 0.15) is 5.75 Å². The molecule has 0 unspecified atom stereocenters. The Hall–Kier alpha value is -2.82. The zero-order valence-electron chi connectivity index (χ0n) is 11.8. The minimum atomic E-state index is -0.286. The minimum absolute atomic E-state index is 0.286. The van der Waals surface area contributed by atoms with Gasteiger partial charge in [-0.15, -0.1) is 0 Å². The SMILES string of the molecule is COc1ccccc1C(=O)Nc1ccccc1/C(C)=N/O. The third kappa shape index (κ3) is 3.20. The molecule has 0 fully saturated rings. The van der Waals surface area contributed by atoms with Crippen molar-refractivity contribution in [1.82, 2.24) is 0 Å². The lowest BCUT2D eigenvalue weighted by atomic mass is 10.1. The summed E-state index contributed by atoms with van der Waals surface area (Å²) in [6.07, 6.45) is 0. The molecular weight excluding hydrogens is 268 g/mol. The van der Waals surface area contributed by atoms with E-state index in [4.69, 9.17) is 9.94 Å². The molecule has 0 saturated heterocycles. The Labute approximate surface area is 122 Å². The Morgan fingerprint density at radius 2 is 1.71 bits per heavy atom. The van der Waals surface area contributed by atoms with E-state index in [1.54, 1.807) is 49.4 Å². The van der Waals surface area contributed by atoms with Gasteiger partial charge < -0.3 is 15.3 Å². The van der Waals surface area contributed by atoms with Crippen molar-refractivity contribution in [2.24, 2.45) is 5.16 Å². The number of oxime groups is 1.